The maximum absolute atomic E-state index is 13.7. The van der Waals surface area contributed by atoms with Crippen LogP contribution in [0.15, 0.2) is 70.7 Å². The molecule has 0 bridgehead atoms. The van der Waals surface area contributed by atoms with Crippen LogP contribution in [0.25, 0.3) is 6.08 Å². The molecule has 1 aliphatic rings. The highest BCUT2D eigenvalue weighted by molar-refractivity contribution is 9.10. The molecule has 6 nitrogen and oxygen atoms in total. The number of imide groups is 2. The maximum Gasteiger partial charge on any atom is 0.335 e. The quantitative estimate of drug-likeness (QED) is 0.303. The Balaban J connectivity index is 1.71. The highest BCUT2D eigenvalue weighted by Crippen LogP contribution is 2.33. The summed E-state index contributed by atoms with van der Waals surface area (Å²) in [5.74, 6) is -1.38. The van der Waals surface area contributed by atoms with Crippen LogP contribution >= 0.6 is 27.5 Å². The minimum absolute atomic E-state index is 0.216. The van der Waals surface area contributed by atoms with Gasteiger partial charge in [0, 0.05) is 21.5 Å². The molecule has 0 unspecified atom stereocenters. The van der Waals surface area contributed by atoms with E-state index >= 15 is 0 Å². The highest BCUT2D eigenvalue weighted by atomic mass is 79.9. The molecular formula is C26H19BrClFN2O4. The van der Waals surface area contributed by atoms with Crippen LogP contribution in [0.2, 0.25) is 5.02 Å². The molecule has 9 heteroatoms. The van der Waals surface area contributed by atoms with Gasteiger partial charge in [-0.05, 0) is 72.7 Å². The number of nitrogens with zero attached hydrogens (tertiary/aromatic N) is 1. The smallest absolute Gasteiger partial charge is 0.335 e. The molecule has 3 aromatic carbocycles. The van der Waals surface area contributed by atoms with Crippen molar-refractivity contribution in [3.05, 3.63) is 98.2 Å². The predicted molar refractivity (Wildman–Crippen MR) is 135 cm³/mol. The number of barbiturate groups is 1. The third kappa shape index (κ3) is 5.44. The molecule has 1 fully saturated rings. The zero-order chi connectivity index (χ0) is 25.1. The minimum atomic E-state index is -0.846. The van der Waals surface area contributed by atoms with Crippen molar-refractivity contribution in [2.45, 2.75) is 13.3 Å². The molecule has 0 saturated carbocycles. The van der Waals surface area contributed by atoms with Gasteiger partial charge in [0.25, 0.3) is 11.8 Å². The summed E-state index contributed by atoms with van der Waals surface area (Å²) in [7, 11) is 0. The largest absolute Gasteiger partial charge is 0.494 e. The average molecular weight is 558 g/mol. The van der Waals surface area contributed by atoms with Crippen molar-refractivity contribution in [2.75, 3.05) is 11.5 Å². The first kappa shape index (κ1) is 24.6. The lowest BCUT2D eigenvalue weighted by molar-refractivity contribution is -0.122. The SMILES string of the molecule is CCOc1cc(/C=C2\C(=O)NC(=O)N(c3ccc(Cl)cc3)C2=O)cc(Br)c1Cc1cccc(F)c1. The lowest BCUT2D eigenvalue weighted by Gasteiger charge is -2.26. The number of rotatable bonds is 6. The van der Waals surface area contributed by atoms with Crippen molar-refractivity contribution in [1.82, 2.24) is 5.32 Å². The van der Waals surface area contributed by atoms with Crippen LogP contribution in [0.4, 0.5) is 14.9 Å². The first-order valence-electron chi connectivity index (χ1n) is 10.6. The van der Waals surface area contributed by atoms with Gasteiger partial charge in [-0.15, -0.1) is 0 Å². The van der Waals surface area contributed by atoms with Crippen LogP contribution in [-0.2, 0) is 16.0 Å². The fraction of sp³-hybridized carbons (Fsp3) is 0.115. The molecule has 178 valence electrons. The van der Waals surface area contributed by atoms with E-state index < -0.39 is 17.8 Å². The summed E-state index contributed by atoms with van der Waals surface area (Å²) in [6, 6.07) is 15.0. The zero-order valence-corrected chi connectivity index (χ0v) is 20.8. The Morgan fingerprint density at radius 3 is 2.51 bits per heavy atom. The topological polar surface area (TPSA) is 75.7 Å². The Morgan fingerprint density at radius 2 is 1.83 bits per heavy atom. The molecule has 0 aromatic heterocycles. The van der Waals surface area contributed by atoms with Crippen molar-refractivity contribution >= 4 is 57.1 Å². The van der Waals surface area contributed by atoms with E-state index in [-0.39, 0.29) is 17.1 Å². The van der Waals surface area contributed by atoms with Gasteiger partial charge in [-0.25, -0.2) is 14.1 Å². The number of nitrogens with one attached hydrogen (secondary N) is 1. The van der Waals surface area contributed by atoms with Crippen molar-refractivity contribution in [3.8, 4) is 5.75 Å². The lowest BCUT2D eigenvalue weighted by atomic mass is 10.0. The van der Waals surface area contributed by atoms with E-state index in [1.54, 1.807) is 30.3 Å². The molecule has 1 heterocycles. The molecule has 0 aliphatic carbocycles. The summed E-state index contributed by atoms with van der Waals surface area (Å²) in [5.41, 5.74) is 2.12. The Hall–Kier alpha value is -3.49. The van der Waals surface area contributed by atoms with Gasteiger partial charge in [0.15, 0.2) is 0 Å². The van der Waals surface area contributed by atoms with E-state index in [1.165, 1.54) is 30.3 Å². The van der Waals surface area contributed by atoms with Crippen molar-refractivity contribution in [2.24, 2.45) is 0 Å². The van der Waals surface area contributed by atoms with Crippen LogP contribution < -0.4 is 15.0 Å². The van der Waals surface area contributed by atoms with Gasteiger partial charge in [-0.2, -0.15) is 0 Å². The fourth-order valence-corrected chi connectivity index (χ4v) is 4.40. The number of anilines is 1. The normalized spacial score (nSPS) is 14.9. The second-order valence-electron chi connectivity index (χ2n) is 7.65. The monoisotopic (exact) mass is 556 g/mol. The predicted octanol–water partition coefficient (Wildman–Crippen LogP) is 5.90. The van der Waals surface area contributed by atoms with E-state index in [2.05, 4.69) is 21.2 Å². The molecule has 1 aliphatic heterocycles. The first-order valence-corrected chi connectivity index (χ1v) is 11.8. The number of hydrogen-bond donors (Lipinski definition) is 1. The van der Waals surface area contributed by atoms with Gasteiger partial charge >= 0.3 is 6.03 Å². The second kappa shape index (κ2) is 10.4. The number of benzene rings is 3. The first-order chi connectivity index (χ1) is 16.8. The number of hydrogen-bond acceptors (Lipinski definition) is 4. The van der Waals surface area contributed by atoms with E-state index in [0.29, 0.717) is 33.8 Å². The van der Waals surface area contributed by atoms with Gasteiger partial charge in [0.2, 0.25) is 0 Å². The summed E-state index contributed by atoms with van der Waals surface area (Å²) in [6.07, 6.45) is 1.80. The average Bonchev–Trinajstić information content (AvgIpc) is 2.80. The van der Waals surface area contributed by atoms with Crippen LogP contribution in [-0.4, -0.2) is 24.5 Å². The molecule has 0 atom stereocenters. The van der Waals surface area contributed by atoms with Crippen LogP contribution in [0.1, 0.15) is 23.6 Å². The van der Waals surface area contributed by atoms with E-state index in [1.807, 2.05) is 13.0 Å². The lowest BCUT2D eigenvalue weighted by Crippen LogP contribution is -2.54. The molecule has 0 radical (unpaired) electrons. The Labute approximate surface area is 214 Å². The Morgan fingerprint density at radius 1 is 1.09 bits per heavy atom. The standard InChI is InChI=1S/C26H19BrClFN2O4/c1-2-35-23-14-16(13-22(27)20(23)11-15-4-3-5-18(29)10-15)12-21-24(32)30-26(34)31(25(21)33)19-8-6-17(28)7-9-19/h3-10,12-14H,2,11H2,1H3,(H,30,32,34)/b21-12+. The molecule has 0 spiro atoms. The van der Waals surface area contributed by atoms with Gasteiger partial charge in [-0.1, -0.05) is 39.7 Å². The maximum atomic E-state index is 13.7. The summed E-state index contributed by atoms with van der Waals surface area (Å²) in [6.45, 7) is 2.21. The summed E-state index contributed by atoms with van der Waals surface area (Å²) >= 11 is 9.44. The number of amides is 4. The molecule has 1 saturated heterocycles. The summed E-state index contributed by atoms with van der Waals surface area (Å²) < 4.78 is 20.1. The third-order valence-corrected chi connectivity index (χ3v) is 6.20. The van der Waals surface area contributed by atoms with E-state index in [4.69, 9.17) is 16.3 Å². The van der Waals surface area contributed by atoms with E-state index in [0.717, 1.165) is 16.0 Å². The van der Waals surface area contributed by atoms with Crippen molar-refractivity contribution in [1.29, 1.82) is 0 Å². The zero-order valence-electron chi connectivity index (χ0n) is 18.5. The third-order valence-electron chi connectivity index (χ3n) is 5.24. The molecule has 1 N–H and O–H groups in total. The Kier molecular flexibility index (Phi) is 7.33. The molecule has 4 amide bonds. The number of ether oxygens (including phenoxy) is 1. The van der Waals surface area contributed by atoms with Gasteiger partial charge in [0.1, 0.15) is 17.1 Å². The molecule has 4 rings (SSSR count). The number of carbonyl (C=O) groups excluding carboxylic acids is 3. The van der Waals surface area contributed by atoms with Gasteiger partial charge in [0.05, 0.1) is 12.3 Å². The van der Waals surface area contributed by atoms with E-state index in [9.17, 15) is 18.8 Å². The fourth-order valence-electron chi connectivity index (χ4n) is 3.67. The van der Waals surface area contributed by atoms with Crippen LogP contribution in [0.3, 0.4) is 0 Å². The number of urea groups is 1. The van der Waals surface area contributed by atoms with Crippen LogP contribution in [0.5, 0.6) is 5.75 Å². The highest BCUT2D eigenvalue weighted by Gasteiger charge is 2.36. The van der Waals surface area contributed by atoms with Gasteiger partial charge < -0.3 is 4.74 Å². The summed E-state index contributed by atoms with van der Waals surface area (Å²) in [4.78, 5) is 38.9. The van der Waals surface area contributed by atoms with Crippen molar-refractivity contribution < 1.29 is 23.5 Å². The number of halogens is 3. The molecule has 3 aromatic rings. The second-order valence-corrected chi connectivity index (χ2v) is 8.94. The van der Waals surface area contributed by atoms with Crippen molar-refractivity contribution in [3.63, 3.8) is 0 Å². The Bertz CT molecular complexity index is 1360. The molecular weight excluding hydrogens is 539 g/mol. The number of carbonyl (C=O) groups is 3. The van der Waals surface area contributed by atoms with Gasteiger partial charge in [-0.3, -0.25) is 14.9 Å². The molecule has 35 heavy (non-hydrogen) atoms. The summed E-state index contributed by atoms with van der Waals surface area (Å²) in [5, 5.41) is 2.64. The van der Waals surface area contributed by atoms with Crippen LogP contribution in [0, 0.1) is 5.82 Å². The minimum Gasteiger partial charge on any atom is -0.494 e.